The van der Waals surface area contributed by atoms with E-state index in [-0.39, 0.29) is 16.9 Å². The Morgan fingerprint density at radius 3 is 2.12 bits per heavy atom. The van der Waals surface area contributed by atoms with Crippen molar-refractivity contribution in [3.8, 4) is 16.9 Å². The molecule has 0 saturated carbocycles. The van der Waals surface area contributed by atoms with Gasteiger partial charge in [-0.3, -0.25) is 9.59 Å². The fourth-order valence-electron chi connectivity index (χ4n) is 3.69. The number of anilines is 1. The molecule has 1 N–H and O–H groups in total. The van der Waals surface area contributed by atoms with Gasteiger partial charge in [0.2, 0.25) is 0 Å². The number of amides is 1. The standard InChI is InChI=1S/C26H19F3N2O2/c1-17-15-22(32)23(25(33)30-20-12-6-3-7-13-20)24(18-9-4-2-5-10-18)31(17)21-14-8-11-19(16-21)26(27,28)29/h2-16H,1H3,(H,30,33). The van der Waals surface area contributed by atoms with Crippen LogP contribution in [0.3, 0.4) is 0 Å². The minimum atomic E-state index is -4.54. The zero-order valence-electron chi connectivity index (χ0n) is 17.6. The number of rotatable bonds is 4. The van der Waals surface area contributed by atoms with Crippen molar-refractivity contribution < 1.29 is 18.0 Å². The van der Waals surface area contributed by atoms with E-state index in [0.717, 1.165) is 12.1 Å². The summed E-state index contributed by atoms with van der Waals surface area (Å²) in [6.07, 6.45) is -4.54. The lowest BCUT2D eigenvalue weighted by atomic mass is 10.0. The summed E-state index contributed by atoms with van der Waals surface area (Å²) in [5.74, 6) is -0.647. The Kier molecular flexibility index (Phi) is 5.87. The SMILES string of the molecule is Cc1cc(=O)c(C(=O)Nc2ccccc2)c(-c2ccccc2)n1-c1cccc(C(F)(F)F)c1. The topological polar surface area (TPSA) is 51.1 Å². The highest BCUT2D eigenvalue weighted by molar-refractivity contribution is 6.08. The number of hydrogen-bond donors (Lipinski definition) is 1. The third kappa shape index (κ3) is 4.57. The number of hydrogen-bond acceptors (Lipinski definition) is 2. The number of nitrogens with zero attached hydrogens (tertiary/aromatic N) is 1. The van der Waals surface area contributed by atoms with Gasteiger partial charge >= 0.3 is 6.18 Å². The first kappa shape index (κ1) is 22.1. The Balaban J connectivity index is 1.99. The van der Waals surface area contributed by atoms with Gasteiger partial charge in [0, 0.05) is 23.1 Å². The molecule has 166 valence electrons. The third-order valence-electron chi connectivity index (χ3n) is 5.14. The smallest absolute Gasteiger partial charge is 0.322 e. The Hall–Kier alpha value is -4.13. The molecule has 0 spiro atoms. The number of benzene rings is 3. The van der Waals surface area contributed by atoms with Crippen LogP contribution in [-0.4, -0.2) is 10.5 Å². The molecular weight excluding hydrogens is 429 g/mol. The third-order valence-corrected chi connectivity index (χ3v) is 5.14. The van der Waals surface area contributed by atoms with E-state index >= 15 is 0 Å². The van der Waals surface area contributed by atoms with Gasteiger partial charge in [-0.1, -0.05) is 54.6 Å². The normalized spacial score (nSPS) is 11.3. The van der Waals surface area contributed by atoms with Gasteiger partial charge in [0.05, 0.1) is 11.3 Å². The molecule has 0 bridgehead atoms. The largest absolute Gasteiger partial charge is 0.416 e. The lowest BCUT2D eigenvalue weighted by Gasteiger charge is -2.21. The molecule has 4 nitrogen and oxygen atoms in total. The Labute approximate surface area is 187 Å². The lowest BCUT2D eigenvalue weighted by molar-refractivity contribution is -0.137. The predicted octanol–water partition coefficient (Wildman–Crippen LogP) is 6.08. The number of halogens is 3. The number of carbonyl (C=O) groups is 1. The summed E-state index contributed by atoms with van der Waals surface area (Å²) in [5.41, 5.74) is 0.308. The molecule has 1 aromatic heterocycles. The summed E-state index contributed by atoms with van der Waals surface area (Å²) in [6.45, 7) is 1.62. The second-order valence-electron chi connectivity index (χ2n) is 7.44. The number of alkyl halides is 3. The fourth-order valence-corrected chi connectivity index (χ4v) is 3.69. The van der Waals surface area contributed by atoms with Crippen molar-refractivity contribution in [2.45, 2.75) is 13.1 Å². The minimum Gasteiger partial charge on any atom is -0.322 e. The average Bonchev–Trinajstić information content (AvgIpc) is 2.79. The fraction of sp³-hybridized carbons (Fsp3) is 0.0769. The van der Waals surface area contributed by atoms with Crippen LogP contribution in [0.15, 0.2) is 95.8 Å². The van der Waals surface area contributed by atoms with Crippen LogP contribution in [0, 0.1) is 6.92 Å². The first-order chi connectivity index (χ1) is 15.8. The van der Waals surface area contributed by atoms with Crippen molar-refractivity contribution in [2.75, 3.05) is 5.32 Å². The van der Waals surface area contributed by atoms with E-state index in [1.165, 1.54) is 22.8 Å². The predicted molar refractivity (Wildman–Crippen MR) is 122 cm³/mol. The van der Waals surface area contributed by atoms with Crippen molar-refractivity contribution >= 4 is 11.6 Å². The number of pyridine rings is 1. The molecule has 1 heterocycles. The maximum Gasteiger partial charge on any atom is 0.416 e. The molecule has 4 rings (SSSR count). The number of para-hydroxylation sites is 1. The number of aromatic nitrogens is 1. The first-order valence-corrected chi connectivity index (χ1v) is 10.1. The van der Waals surface area contributed by atoms with Crippen LogP contribution in [0.4, 0.5) is 18.9 Å². The molecule has 0 aliphatic rings. The summed E-state index contributed by atoms with van der Waals surface area (Å²) < 4.78 is 41.7. The molecule has 0 fully saturated rings. The van der Waals surface area contributed by atoms with Gasteiger partial charge in [0.15, 0.2) is 5.43 Å². The average molecular weight is 448 g/mol. The van der Waals surface area contributed by atoms with Crippen molar-refractivity contribution in [3.05, 3.63) is 118 Å². The van der Waals surface area contributed by atoms with Crippen molar-refractivity contribution in [2.24, 2.45) is 0 Å². The van der Waals surface area contributed by atoms with Gasteiger partial charge in [-0.15, -0.1) is 0 Å². The van der Waals surface area contributed by atoms with Crippen molar-refractivity contribution in [3.63, 3.8) is 0 Å². The molecule has 1 amide bonds. The van der Waals surface area contributed by atoms with Crippen molar-refractivity contribution in [1.29, 1.82) is 0 Å². The zero-order chi connectivity index (χ0) is 23.6. The summed E-state index contributed by atoms with van der Waals surface area (Å²) in [5, 5.41) is 2.71. The van der Waals surface area contributed by atoms with Crippen LogP contribution in [0.2, 0.25) is 0 Å². The van der Waals surface area contributed by atoms with Gasteiger partial charge in [-0.05, 0) is 42.8 Å². The molecule has 3 aromatic carbocycles. The molecule has 0 radical (unpaired) electrons. The lowest BCUT2D eigenvalue weighted by Crippen LogP contribution is -2.26. The summed E-state index contributed by atoms with van der Waals surface area (Å²) in [7, 11) is 0. The van der Waals surface area contributed by atoms with Crippen LogP contribution < -0.4 is 10.7 Å². The quantitative estimate of drug-likeness (QED) is 0.411. The van der Waals surface area contributed by atoms with Crippen LogP contribution in [0.25, 0.3) is 16.9 Å². The van der Waals surface area contributed by atoms with Crippen LogP contribution in [0.1, 0.15) is 21.6 Å². The Bertz CT molecular complexity index is 1360. The van der Waals surface area contributed by atoms with E-state index < -0.39 is 23.1 Å². The number of carbonyl (C=O) groups excluding carboxylic acids is 1. The summed E-state index contributed by atoms with van der Waals surface area (Å²) >= 11 is 0. The molecular formula is C26H19F3N2O2. The van der Waals surface area contributed by atoms with Crippen molar-refractivity contribution in [1.82, 2.24) is 4.57 Å². The van der Waals surface area contributed by atoms with E-state index in [9.17, 15) is 22.8 Å². The Morgan fingerprint density at radius 2 is 1.48 bits per heavy atom. The Morgan fingerprint density at radius 1 is 0.848 bits per heavy atom. The molecule has 7 heteroatoms. The number of nitrogens with one attached hydrogen (secondary N) is 1. The van der Waals surface area contributed by atoms with E-state index in [2.05, 4.69) is 5.32 Å². The molecule has 0 atom stereocenters. The van der Waals surface area contributed by atoms with E-state index in [1.54, 1.807) is 67.6 Å². The van der Waals surface area contributed by atoms with Crippen LogP contribution >= 0.6 is 0 Å². The van der Waals surface area contributed by atoms with Gasteiger partial charge in [-0.25, -0.2) is 0 Å². The zero-order valence-corrected chi connectivity index (χ0v) is 17.6. The maximum atomic E-state index is 13.4. The van der Waals surface area contributed by atoms with Crippen LogP contribution in [-0.2, 0) is 6.18 Å². The summed E-state index contributed by atoms with van der Waals surface area (Å²) in [6, 6.07) is 23.3. The van der Waals surface area contributed by atoms with Gasteiger partial charge in [-0.2, -0.15) is 13.2 Å². The van der Waals surface area contributed by atoms with E-state index in [0.29, 0.717) is 16.9 Å². The van der Waals surface area contributed by atoms with Gasteiger partial charge in [0.25, 0.3) is 5.91 Å². The first-order valence-electron chi connectivity index (χ1n) is 10.1. The molecule has 0 aliphatic carbocycles. The monoisotopic (exact) mass is 448 g/mol. The highest BCUT2D eigenvalue weighted by Crippen LogP contribution is 2.33. The second kappa shape index (κ2) is 8.78. The van der Waals surface area contributed by atoms with E-state index in [4.69, 9.17) is 0 Å². The minimum absolute atomic E-state index is 0.159. The van der Waals surface area contributed by atoms with Crippen LogP contribution in [0.5, 0.6) is 0 Å². The highest BCUT2D eigenvalue weighted by Gasteiger charge is 2.31. The van der Waals surface area contributed by atoms with Gasteiger partial charge in [0.1, 0.15) is 5.56 Å². The molecule has 0 aliphatic heterocycles. The molecule has 0 unspecified atom stereocenters. The second-order valence-corrected chi connectivity index (χ2v) is 7.44. The van der Waals surface area contributed by atoms with E-state index in [1.807, 2.05) is 0 Å². The molecule has 0 saturated heterocycles. The summed E-state index contributed by atoms with van der Waals surface area (Å²) in [4.78, 5) is 26.3. The maximum absolute atomic E-state index is 13.4. The highest BCUT2D eigenvalue weighted by atomic mass is 19.4. The number of aryl methyl sites for hydroxylation is 1. The molecule has 4 aromatic rings. The van der Waals surface area contributed by atoms with Gasteiger partial charge < -0.3 is 9.88 Å². The molecule has 33 heavy (non-hydrogen) atoms.